The van der Waals surface area contributed by atoms with Crippen LogP contribution in [0.5, 0.6) is 0 Å². The zero-order valence-corrected chi connectivity index (χ0v) is 10.8. The summed E-state index contributed by atoms with van der Waals surface area (Å²) in [5.41, 5.74) is 2.15. The Morgan fingerprint density at radius 2 is 2.29 bits per heavy atom. The number of carboxylic acid groups (broad SMARTS) is 1. The topological polar surface area (TPSA) is 37.3 Å². The van der Waals surface area contributed by atoms with Gasteiger partial charge in [0.2, 0.25) is 0 Å². The van der Waals surface area contributed by atoms with Crippen LogP contribution in [0.2, 0.25) is 0 Å². The molecule has 0 radical (unpaired) electrons. The van der Waals surface area contributed by atoms with Crippen LogP contribution in [0.1, 0.15) is 46.0 Å². The number of allylic oxidation sites excluding steroid dienone is 2. The van der Waals surface area contributed by atoms with Crippen LogP contribution in [0.15, 0.2) is 23.8 Å². The Balaban J connectivity index is 1.97. The van der Waals surface area contributed by atoms with Crippen molar-refractivity contribution in [1.82, 2.24) is 0 Å². The monoisotopic (exact) mass is 234 g/mol. The van der Waals surface area contributed by atoms with Gasteiger partial charge in [0, 0.05) is 5.57 Å². The van der Waals surface area contributed by atoms with E-state index in [-0.39, 0.29) is 5.41 Å². The molecule has 1 N–H and O–H groups in total. The summed E-state index contributed by atoms with van der Waals surface area (Å²) in [6, 6.07) is 0. The second-order valence-electron chi connectivity index (χ2n) is 5.88. The predicted molar refractivity (Wildman–Crippen MR) is 68.7 cm³/mol. The second-order valence-corrected chi connectivity index (χ2v) is 5.88. The van der Waals surface area contributed by atoms with Crippen molar-refractivity contribution in [3.05, 3.63) is 23.8 Å². The van der Waals surface area contributed by atoms with Crippen LogP contribution in [-0.2, 0) is 4.79 Å². The summed E-state index contributed by atoms with van der Waals surface area (Å²) in [4.78, 5) is 10.7. The lowest BCUT2D eigenvalue weighted by Crippen LogP contribution is -2.26. The average molecular weight is 234 g/mol. The molecule has 0 aromatic rings. The lowest BCUT2D eigenvalue weighted by Gasteiger charge is -2.36. The van der Waals surface area contributed by atoms with Crippen molar-refractivity contribution >= 4 is 5.97 Å². The first kappa shape index (κ1) is 12.4. The third-order valence-corrected chi connectivity index (χ3v) is 5.01. The Bertz CT molecular complexity index is 380. The lowest BCUT2D eigenvalue weighted by molar-refractivity contribution is -0.132. The Kier molecular flexibility index (Phi) is 3.15. The highest BCUT2D eigenvalue weighted by Crippen LogP contribution is 2.60. The number of hydrogen-bond acceptors (Lipinski definition) is 1. The van der Waals surface area contributed by atoms with E-state index in [2.05, 4.69) is 13.5 Å². The molecule has 2 bridgehead atoms. The summed E-state index contributed by atoms with van der Waals surface area (Å²) >= 11 is 0. The van der Waals surface area contributed by atoms with Gasteiger partial charge < -0.3 is 5.11 Å². The molecule has 0 spiro atoms. The van der Waals surface area contributed by atoms with Crippen molar-refractivity contribution < 1.29 is 9.90 Å². The molecule has 2 fully saturated rings. The molecular weight excluding hydrogens is 212 g/mol. The van der Waals surface area contributed by atoms with Crippen molar-refractivity contribution in [3.8, 4) is 0 Å². The molecule has 0 heterocycles. The van der Waals surface area contributed by atoms with Gasteiger partial charge in [-0.1, -0.05) is 25.2 Å². The largest absolute Gasteiger partial charge is 0.478 e. The molecule has 3 atom stereocenters. The molecule has 2 saturated carbocycles. The molecule has 0 aromatic heterocycles. The van der Waals surface area contributed by atoms with Gasteiger partial charge in [-0.2, -0.15) is 0 Å². The standard InChI is InChI=1S/C15H22O2/c1-10(14(16)17)5-4-8-15(3)11(2)12-6-7-13(15)9-12/h5,12-13H,2,4,6-9H2,1,3H3,(H,16,17)/t12-,13+,15+/m1/s1. The molecule has 2 heteroatoms. The summed E-state index contributed by atoms with van der Waals surface area (Å²) in [5.74, 6) is 0.731. The van der Waals surface area contributed by atoms with Gasteiger partial charge in [0.05, 0.1) is 0 Å². The van der Waals surface area contributed by atoms with Gasteiger partial charge in [0.25, 0.3) is 0 Å². The fourth-order valence-electron chi connectivity index (χ4n) is 3.65. The highest BCUT2D eigenvalue weighted by Gasteiger charge is 2.49. The highest BCUT2D eigenvalue weighted by molar-refractivity contribution is 5.85. The smallest absolute Gasteiger partial charge is 0.330 e. The number of hydrogen-bond donors (Lipinski definition) is 1. The molecule has 2 rings (SSSR count). The van der Waals surface area contributed by atoms with Crippen LogP contribution < -0.4 is 0 Å². The van der Waals surface area contributed by atoms with Crippen LogP contribution >= 0.6 is 0 Å². The Morgan fingerprint density at radius 1 is 1.59 bits per heavy atom. The van der Waals surface area contributed by atoms with Crippen LogP contribution in [0.4, 0.5) is 0 Å². The minimum absolute atomic E-state index is 0.262. The fourth-order valence-corrected chi connectivity index (χ4v) is 3.65. The van der Waals surface area contributed by atoms with Gasteiger partial charge >= 0.3 is 5.97 Å². The zero-order valence-electron chi connectivity index (χ0n) is 10.8. The van der Waals surface area contributed by atoms with Gasteiger partial charge in [0.1, 0.15) is 0 Å². The van der Waals surface area contributed by atoms with Gasteiger partial charge in [-0.05, 0) is 56.3 Å². The van der Waals surface area contributed by atoms with Crippen molar-refractivity contribution in [2.24, 2.45) is 17.3 Å². The molecular formula is C15H22O2. The van der Waals surface area contributed by atoms with E-state index in [0.717, 1.165) is 24.7 Å². The first-order valence-electron chi connectivity index (χ1n) is 6.54. The van der Waals surface area contributed by atoms with Crippen molar-refractivity contribution in [3.63, 3.8) is 0 Å². The maximum absolute atomic E-state index is 10.7. The van der Waals surface area contributed by atoms with E-state index in [1.54, 1.807) is 6.92 Å². The number of fused-ring (bicyclic) bond motifs is 2. The molecule has 94 valence electrons. The Morgan fingerprint density at radius 3 is 2.82 bits per heavy atom. The van der Waals surface area contributed by atoms with E-state index in [4.69, 9.17) is 5.11 Å². The molecule has 0 amide bonds. The summed E-state index contributed by atoms with van der Waals surface area (Å²) in [7, 11) is 0. The third-order valence-electron chi connectivity index (χ3n) is 5.01. The van der Waals surface area contributed by atoms with Gasteiger partial charge in [-0.15, -0.1) is 0 Å². The predicted octanol–water partition coefficient (Wildman–Crippen LogP) is 3.79. The Labute approximate surface area is 103 Å². The maximum Gasteiger partial charge on any atom is 0.330 e. The lowest BCUT2D eigenvalue weighted by atomic mass is 9.69. The van der Waals surface area contributed by atoms with Crippen molar-refractivity contribution in [2.75, 3.05) is 0 Å². The van der Waals surface area contributed by atoms with E-state index < -0.39 is 5.97 Å². The number of carbonyl (C=O) groups is 1. The molecule has 2 aliphatic carbocycles. The average Bonchev–Trinajstić information content (AvgIpc) is 2.83. The minimum Gasteiger partial charge on any atom is -0.478 e. The van der Waals surface area contributed by atoms with Gasteiger partial charge in [-0.25, -0.2) is 4.79 Å². The first-order chi connectivity index (χ1) is 7.95. The second kappa shape index (κ2) is 4.32. The molecule has 0 aromatic carbocycles. The quantitative estimate of drug-likeness (QED) is 0.593. The summed E-state index contributed by atoms with van der Waals surface area (Å²) in [6.45, 7) is 8.28. The normalized spacial score (nSPS) is 36.6. The van der Waals surface area contributed by atoms with E-state index in [0.29, 0.717) is 5.57 Å². The molecule has 17 heavy (non-hydrogen) atoms. The highest BCUT2D eigenvalue weighted by atomic mass is 16.4. The van der Waals surface area contributed by atoms with Crippen LogP contribution in [-0.4, -0.2) is 11.1 Å². The SMILES string of the molecule is C=C1[C@@H]2CC[C@@H](C2)[C@@]1(C)CCC=C(C)C(=O)O. The maximum atomic E-state index is 10.7. The van der Waals surface area contributed by atoms with Crippen molar-refractivity contribution in [1.29, 1.82) is 0 Å². The van der Waals surface area contributed by atoms with Crippen molar-refractivity contribution in [2.45, 2.75) is 46.0 Å². The van der Waals surface area contributed by atoms with E-state index in [9.17, 15) is 4.79 Å². The van der Waals surface area contributed by atoms with E-state index in [1.165, 1.54) is 24.8 Å². The van der Waals surface area contributed by atoms with E-state index >= 15 is 0 Å². The number of aliphatic carboxylic acids is 1. The first-order valence-corrected chi connectivity index (χ1v) is 6.54. The fraction of sp³-hybridized carbons (Fsp3) is 0.667. The van der Waals surface area contributed by atoms with Gasteiger partial charge in [-0.3, -0.25) is 0 Å². The molecule has 0 unspecified atom stereocenters. The third kappa shape index (κ3) is 2.05. The number of rotatable bonds is 4. The van der Waals surface area contributed by atoms with Gasteiger partial charge in [0.15, 0.2) is 0 Å². The Hall–Kier alpha value is -1.05. The summed E-state index contributed by atoms with van der Waals surface area (Å²) in [5, 5.41) is 8.81. The zero-order chi connectivity index (χ0) is 12.6. The molecule has 0 aliphatic heterocycles. The summed E-state index contributed by atoms with van der Waals surface area (Å²) < 4.78 is 0. The van der Waals surface area contributed by atoms with Crippen LogP contribution in [0.25, 0.3) is 0 Å². The molecule has 2 aliphatic rings. The molecule has 2 nitrogen and oxygen atoms in total. The number of carboxylic acids is 1. The summed E-state index contributed by atoms with van der Waals surface area (Å²) in [6.07, 6.45) is 7.74. The van der Waals surface area contributed by atoms with E-state index in [1.807, 2.05) is 6.08 Å². The minimum atomic E-state index is -0.804. The van der Waals surface area contributed by atoms with Crippen LogP contribution in [0, 0.1) is 17.3 Å². The molecule has 0 saturated heterocycles. The van der Waals surface area contributed by atoms with Crippen LogP contribution in [0.3, 0.4) is 0 Å².